The zero-order valence-electron chi connectivity index (χ0n) is 11.9. The second-order valence-electron chi connectivity index (χ2n) is 6.65. The van der Waals surface area contributed by atoms with Gasteiger partial charge < -0.3 is 4.74 Å². The molecule has 0 heterocycles. The highest BCUT2D eigenvalue weighted by Gasteiger charge is 2.45. The van der Waals surface area contributed by atoms with Gasteiger partial charge in [-0.1, -0.05) is 33.8 Å². The Morgan fingerprint density at radius 2 is 1.94 bits per heavy atom. The fraction of sp³-hybridized carbons (Fsp3) is 0.800. The number of carbonyl (C=O) groups is 1. The van der Waals surface area contributed by atoms with Crippen LogP contribution in [0.4, 0.5) is 0 Å². The Balaban J connectivity index is 2.88. The highest BCUT2D eigenvalue weighted by molar-refractivity contribution is 5.87. The molecule has 0 aromatic heterocycles. The fourth-order valence-corrected chi connectivity index (χ4v) is 3.07. The van der Waals surface area contributed by atoms with Crippen LogP contribution in [0, 0.1) is 11.3 Å². The highest BCUT2D eigenvalue weighted by Crippen LogP contribution is 2.46. The molecule has 0 aliphatic heterocycles. The van der Waals surface area contributed by atoms with E-state index < -0.39 is 0 Å². The van der Waals surface area contributed by atoms with E-state index in [1.54, 1.807) is 6.92 Å². The van der Waals surface area contributed by atoms with E-state index in [2.05, 4.69) is 34.3 Å². The van der Waals surface area contributed by atoms with Gasteiger partial charge in [-0.3, -0.25) is 0 Å². The third kappa shape index (κ3) is 3.34. The lowest BCUT2D eigenvalue weighted by molar-refractivity contribution is -0.169. The van der Waals surface area contributed by atoms with Crippen LogP contribution in [0.2, 0.25) is 0 Å². The van der Waals surface area contributed by atoms with Crippen molar-refractivity contribution in [2.24, 2.45) is 11.3 Å². The van der Waals surface area contributed by atoms with Crippen LogP contribution in [0.5, 0.6) is 0 Å². The van der Waals surface area contributed by atoms with Crippen molar-refractivity contribution in [2.45, 2.75) is 65.9 Å². The van der Waals surface area contributed by atoms with Crippen molar-refractivity contribution >= 4 is 5.97 Å². The SMILES string of the molecule is C=C(C)C(=O)OC1(C)CCCCC1C(C)(C)C. The molecule has 2 atom stereocenters. The van der Waals surface area contributed by atoms with E-state index in [1.807, 2.05) is 0 Å². The summed E-state index contributed by atoms with van der Waals surface area (Å²) in [5, 5.41) is 0. The van der Waals surface area contributed by atoms with Crippen LogP contribution in [0.25, 0.3) is 0 Å². The summed E-state index contributed by atoms with van der Waals surface area (Å²) in [6.45, 7) is 14.2. The van der Waals surface area contributed by atoms with E-state index in [-0.39, 0.29) is 17.0 Å². The molecule has 1 fully saturated rings. The van der Waals surface area contributed by atoms with Gasteiger partial charge in [0.1, 0.15) is 5.60 Å². The molecule has 1 saturated carbocycles. The largest absolute Gasteiger partial charge is 0.456 e. The monoisotopic (exact) mass is 238 g/mol. The Hall–Kier alpha value is -0.790. The maximum atomic E-state index is 11.8. The molecular formula is C15H26O2. The molecule has 0 N–H and O–H groups in total. The summed E-state index contributed by atoms with van der Waals surface area (Å²) in [4.78, 5) is 11.8. The Kier molecular flexibility index (Phi) is 4.06. The predicted molar refractivity (Wildman–Crippen MR) is 70.7 cm³/mol. The van der Waals surface area contributed by atoms with Gasteiger partial charge in [0.2, 0.25) is 0 Å². The Morgan fingerprint density at radius 1 is 1.35 bits per heavy atom. The van der Waals surface area contributed by atoms with Crippen LogP contribution >= 0.6 is 0 Å². The molecular weight excluding hydrogens is 212 g/mol. The summed E-state index contributed by atoms with van der Waals surface area (Å²) in [6.07, 6.45) is 4.49. The second-order valence-corrected chi connectivity index (χ2v) is 6.65. The minimum absolute atomic E-state index is 0.171. The van der Waals surface area contributed by atoms with Crippen molar-refractivity contribution in [2.75, 3.05) is 0 Å². The van der Waals surface area contributed by atoms with Crippen molar-refractivity contribution in [3.8, 4) is 0 Å². The maximum absolute atomic E-state index is 11.8. The second kappa shape index (κ2) is 4.83. The quantitative estimate of drug-likeness (QED) is 0.535. The predicted octanol–water partition coefficient (Wildman–Crippen LogP) is 4.10. The first-order valence-corrected chi connectivity index (χ1v) is 6.56. The molecule has 1 aliphatic carbocycles. The molecule has 0 aromatic carbocycles. The lowest BCUT2D eigenvalue weighted by atomic mass is 9.64. The number of hydrogen-bond acceptors (Lipinski definition) is 2. The first kappa shape index (κ1) is 14.3. The Bertz CT molecular complexity index is 311. The maximum Gasteiger partial charge on any atom is 0.333 e. The van der Waals surface area contributed by atoms with E-state index >= 15 is 0 Å². The topological polar surface area (TPSA) is 26.3 Å². The molecule has 0 aromatic rings. The van der Waals surface area contributed by atoms with E-state index in [4.69, 9.17) is 4.74 Å². The molecule has 0 radical (unpaired) electrons. The molecule has 2 nitrogen and oxygen atoms in total. The number of ether oxygens (including phenoxy) is 1. The summed E-state index contributed by atoms with van der Waals surface area (Å²) in [6, 6.07) is 0. The van der Waals surface area contributed by atoms with Crippen molar-refractivity contribution in [1.82, 2.24) is 0 Å². The van der Waals surface area contributed by atoms with Crippen LogP contribution in [-0.2, 0) is 9.53 Å². The van der Waals surface area contributed by atoms with Crippen molar-refractivity contribution in [3.05, 3.63) is 12.2 Å². The standard InChI is InChI=1S/C15H26O2/c1-11(2)13(16)17-15(6)10-8-7-9-12(15)14(3,4)5/h12H,1,7-10H2,2-6H3. The minimum Gasteiger partial charge on any atom is -0.456 e. The zero-order chi connectivity index (χ0) is 13.3. The Morgan fingerprint density at radius 3 is 2.41 bits per heavy atom. The molecule has 17 heavy (non-hydrogen) atoms. The lowest BCUT2D eigenvalue weighted by Gasteiger charge is -2.47. The van der Waals surface area contributed by atoms with E-state index in [9.17, 15) is 4.79 Å². The lowest BCUT2D eigenvalue weighted by Crippen LogP contribution is -2.47. The Labute approximate surface area is 105 Å². The summed E-state index contributed by atoms with van der Waals surface area (Å²) < 4.78 is 5.74. The highest BCUT2D eigenvalue weighted by atomic mass is 16.6. The van der Waals surface area contributed by atoms with Crippen LogP contribution in [0.1, 0.15) is 60.3 Å². The average Bonchev–Trinajstić information content (AvgIpc) is 2.15. The zero-order valence-corrected chi connectivity index (χ0v) is 11.9. The molecule has 2 unspecified atom stereocenters. The van der Waals surface area contributed by atoms with Gasteiger partial charge in [0, 0.05) is 11.5 Å². The molecule has 98 valence electrons. The first-order valence-electron chi connectivity index (χ1n) is 6.56. The van der Waals surface area contributed by atoms with Crippen LogP contribution < -0.4 is 0 Å². The average molecular weight is 238 g/mol. The number of esters is 1. The molecule has 0 spiro atoms. The van der Waals surface area contributed by atoms with Gasteiger partial charge in [-0.25, -0.2) is 4.79 Å². The molecule has 0 bridgehead atoms. The van der Waals surface area contributed by atoms with Gasteiger partial charge >= 0.3 is 5.97 Å². The van der Waals surface area contributed by atoms with Gasteiger partial charge in [0.05, 0.1) is 0 Å². The van der Waals surface area contributed by atoms with Gasteiger partial charge in [-0.05, 0) is 38.5 Å². The minimum atomic E-state index is -0.327. The van der Waals surface area contributed by atoms with Gasteiger partial charge in [-0.2, -0.15) is 0 Å². The third-order valence-corrected chi connectivity index (χ3v) is 3.87. The van der Waals surface area contributed by atoms with Crippen LogP contribution in [0.3, 0.4) is 0 Å². The molecule has 2 heteroatoms. The molecule has 0 amide bonds. The molecule has 1 aliphatic rings. The third-order valence-electron chi connectivity index (χ3n) is 3.87. The number of carbonyl (C=O) groups excluding carboxylic acids is 1. The van der Waals surface area contributed by atoms with Gasteiger partial charge in [-0.15, -0.1) is 0 Å². The summed E-state index contributed by atoms with van der Waals surface area (Å²) in [7, 11) is 0. The van der Waals surface area contributed by atoms with Crippen molar-refractivity contribution in [1.29, 1.82) is 0 Å². The van der Waals surface area contributed by atoms with Crippen molar-refractivity contribution < 1.29 is 9.53 Å². The van der Waals surface area contributed by atoms with E-state index in [0.29, 0.717) is 11.5 Å². The van der Waals surface area contributed by atoms with E-state index in [0.717, 1.165) is 19.3 Å². The normalized spacial score (nSPS) is 29.8. The number of hydrogen-bond donors (Lipinski definition) is 0. The molecule has 0 saturated heterocycles. The van der Waals surface area contributed by atoms with Gasteiger partial charge in [0.25, 0.3) is 0 Å². The van der Waals surface area contributed by atoms with E-state index in [1.165, 1.54) is 6.42 Å². The summed E-state index contributed by atoms with van der Waals surface area (Å²) in [5.41, 5.74) is 0.335. The van der Waals surface area contributed by atoms with Crippen LogP contribution in [0.15, 0.2) is 12.2 Å². The number of rotatable bonds is 2. The first-order chi connectivity index (χ1) is 7.67. The molecule has 1 rings (SSSR count). The van der Waals surface area contributed by atoms with Crippen molar-refractivity contribution in [3.63, 3.8) is 0 Å². The summed E-state index contributed by atoms with van der Waals surface area (Å²) >= 11 is 0. The smallest absolute Gasteiger partial charge is 0.333 e. The summed E-state index contributed by atoms with van der Waals surface area (Å²) in [5.74, 6) is 0.177. The fourth-order valence-electron chi connectivity index (χ4n) is 3.07. The van der Waals surface area contributed by atoms with Gasteiger partial charge in [0.15, 0.2) is 0 Å². The van der Waals surface area contributed by atoms with Crippen LogP contribution in [-0.4, -0.2) is 11.6 Å².